The molecular formula is C23H25N3O2S2. The van der Waals surface area contributed by atoms with E-state index in [1.165, 1.54) is 11.8 Å². The van der Waals surface area contributed by atoms with Crippen molar-refractivity contribution in [3.63, 3.8) is 0 Å². The number of amidine groups is 1. The number of thioether (sulfide) groups is 2. The highest BCUT2D eigenvalue weighted by Gasteiger charge is 2.39. The zero-order valence-electron chi connectivity index (χ0n) is 17.4. The van der Waals surface area contributed by atoms with Crippen LogP contribution in [0.5, 0.6) is 5.75 Å². The minimum Gasteiger partial charge on any atom is -0.506 e. The molecule has 1 N–H and O–H groups in total. The summed E-state index contributed by atoms with van der Waals surface area (Å²) in [6, 6.07) is 13.6. The number of aliphatic imine (C=N–C) groups is 1. The lowest BCUT2D eigenvalue weighted by Gasteiger charge is -2.19. The molecule has 0 radical (unpaired) electrons. The SMILES string of the molecule is CCCCN1C(=O)/C(=C2/Sc3ccccc3N2CC)SC1=Nc1ccc(C)cc1O. The monoisotopic (exact) mass is 439 g/mol. The first-order chi connectivity index (χ1) is 14.5. The molecule has 2 aliphatic rings. The Hall–Kier alpha value is -2.38. The first-order valence-electron chi connectivity index (χ1n) is 10.2. The lowest BCUT2D eigenvalue weighted by Crippen LogP contribution is -2.30. The van der Waals surface area contributed by atoms with Crippen molar-refractivity contribution in [2.24, 2.45) is 4.99 Å². The molecule has 2 aromatic carbocycles. The van der Waals surface area contributed by atoms with Crippen molar-refractivity contribution in [2.75, 3.05) is 18.0 Å². The van der Waals surface area contributed by atoms with Gasteiger partial charge in [-0.25, -0.2) is 4.99 Å². The van der Waals surface area contributed by atoms with E-state index < -0.39 is 0 Å². The second kappa shape index (κ2) is 8.78. The van der Waals surface area contributed by atoms with Gasteiger partial charge in [0.05, 0.1) is 5.69 Å². The van der Waals surface area contributed by atoms with Gasteiger partial charge < -0.3 is 10.0 Å². The maximum absolute atomic E-state index is 13.4. The summed E-state index contributed by atoms with van der Waals surface area (Å²) in [6.45, 7) is 7.54. The fraction of sp³-hybridized carbons (Fsp3) is 0.304. The number of aryl methyl sites for hydroxylation is 1. The van der Waals surface area contributed by atoms with Crippen molar-refractivity contribution in [1.29, 1.82) is 0 Å². The Balaban J connectivity index is 1.75. The second-order valence-electron chi connectivity index (χ2n) is 7.25. The molecule has 156 valence electrons. The summed E-state index contributed by atoms with van der Waals surface area (Å²) in [5.74, 6) is 0.123. The zero-order chi connectivity index (χ0) is 21.3. The van der Waals surface area contributed by atoms with Gasteiger partial charge in [0.1, 0.15) is 21.4 Å². The Morgan fingerprint density at radius 3 is 2.60 bits per heavy atom. The lowest BCUT2D eigenvalue weighted by atomic mass is 10.2. The summed E-state index contributed by atoms with van der Waals surface area (Å²) in [7, 11) is 0. The molecule has 2 heterocycles. The number of nitrogens with zero attached hydrogens (tertiary/aromatic N) is 3. The number of rotatable bonds is 5. The number of phenols is 1. The summed E-state index contributed by atoms with van der Waals surface area (Å²) in [6.07, 6.45) is 1.89. The number of carbonyl (C=O) groups excluding carboxylic acids is 1. The van der Waals surface area contributed by atoms with Crippen molar-refractivity contribution < 1.29 is 9.90 Å². The average Bonchev–Trinajstić information content (AvgIpc) is 3.25. The number of fused-ring (bicyclic) bond motifs is 1. The predicted octanol–water partition coefficient (Wildman–Crippen LogP) is 5.86. The fourth-order valence-electron chi connectivity index (χ4n) is 3.48. The van der Waals surface area contributed by atoms with Crippen LogP contribution in [0.2, 0.25) is 0 Å². The number of aromatic hydroxyl groups is 1. The van der Waals surface area contributed by atoms with Crippen LogP contribution < -0.4 is 4.90 Å². The number of carbonyl (C=O) groups is 1. The molecule has 1 amide bonds. The molecule has 2 aromatic rings. The van der Waals surface area contributed by atoms with Gasteiger partial charge in [-0.05, 0) is 61.9 Å². The first kappa shape index (κ1) is 20.9. The summed E-state index contributed by atoms with van der Waals surface area (Å²) in [4.78, 5) is 23.9. The molecule has 7 heteroatoms. The van der Waals surface area contributed by atoms with Gasteiger partial charge in [-0.3, -0.25) is 9.69 Å². The number of unbranched alkanes of at least 4 members (excludes halogenated alkanes) is 1. The Labute approximate surface area is 185 Å². The van der Waals surface area contributed by atoms with E-state index in [1.54, 1.807) is 28.8 Å². The molecule has 0 atom stereocenters. The molecule has 0 bridgehead atoms. The number of benzene rings is 2. The third kappa shape index (κ3) is 3.84. The van der Waals surface area contributed by atoms with E-state index in [2.05, 4.69) is 35.9 Å². The predicted molar refractivity (Wildman–Crippen MR) is 126 cm³/mol. The van der Waals surface area contributed by atoms with Gasteiger partial charge in [-0.2, -0.15) is 0 Å². The van der Waals surface area contributed by atoms with Gasteiger partial charge in [0.2, 0.25) is 0 Å². The Bertz CT molecular complexity index is 1050. The summed E-state index contributed by atoms with van der Waals surface area (Å²) in [5.41, 5.74) is 2.59. The number of amides is 1. The van der Waals surface area contributed by atoms with Crippen LogP contribution in [0.15, 0.2) is 62.3 Å². The van der Waals surface area contributed by atoms with Crippen LogP contribution in [0.1, 0.15) is 32.3 Å². The van der Waals surface area contributed by atoms with Gasteiger partial charge in [-0.15, -0.1) is 0 Å². The van der Waals surface area contributed by atoms with Gasteiger partial charge >= 0.3 is 0 Å². The molecule has 0 unspecified atom stereocenters. The van der Waals surface area contributed by atoms with Crippen LogP contribution in [0.4, 0.5) is 11.4 Å². The molecule has 0 saturated carbocycles. The average molecular weight is 440 g/mol. The molecule has 4 rings (SSSR count). The van der Waals surface area contributed by atoms with Crippen LogP contribution in [0.3, 0.4) is 0 Å². The third-order valence-corrected chi connectivity index (χ3v) is 7.44. The van der Waals surface area contributed by atoms with Crippen LogP contribution in [0, 0.1) is 6.92 Å². The Morgan fingerprint density at radius 1 is 1.07 bits per heavy atom. The molecule has 2 aliphatic heterocycles. The summed E-state index contributed by atoms with van der Waals surface area (Å²) < 4.78 is 0. The molecule has 5 nitrogen and oxygen atoms in total. The van der Waals surface area contributed by atoms with E-state index in [-0.39, 0.29) is 11.7 Å². The van der Waals surface area contributed by atoms with E-state index in [0.29, 0.717) is 22.3 Å². The molecule has 0 aromatic heterocycles. The number of phenolic OH excluding ortho intramolecular Hbond substituents is 1. The first-order valence-corrected chi connectivity index (χ1v) is 11.8. The van der Waals surface area contributed by atoms with Crippen LogP contribution in [-0.2, 0) is 4.79 Å². The standard InChI is InChI=1S/C23H25N3O2S2/c1-4-6-13-26-21(28)20(22-25(5-2)17-9-7-8-10-19(17)29-22)30-23(26)24-16-12-11-15(3)14-18(16)27/h7-12,14,27H,4-6,13H2,1-3H3/b22-20-,24-23?. The smallest absolute Gasteiger partial charge is 0.269 e. The molecule has 0 spiro atoms. The maximum Gasteiger partial charge on any atom is 0.269 e. The molecule has 30 heavy (non-hydrogen) atoms. The minimum atomic E-state index is -0.00689. The number of hydrogen-bond donors (Lipinski definition) is 1. The van der Waals surface area contributed by atoms with Crippen LogP contribution in [-0.4, -0.2) is 34.2 Å². The number of anilines is 1. The highest BCUT2D eigenvalue weighted by atomic mass is 32.2. The van der Waals surface area contributed by atoms with Crippen molar-refractivity contribution in [3.05, 3.63) is 58.0 Å². The highest BCUT2D eigenvalue weighted by molar-refractivity contribution is 8.19. The minimum absolute atomic E-state index is 0.00689. The van der Waals surface area contributed by atoms with Gasteiger partial charge in [0.15, 0.2) is 5.17 Å². The summed E-state index contributed by atoms with van der Waals surface area (Å²) in [5, 5.41) is 11.9. The highest BCUT2D eigenvalue weighted by Crippen LogP contribution is 2.50. The van der Waals surface area contributed by atoms with E-state index in [1.807, 2.05) is 25.1 Å². The van der Waals surface area contributed by atoms with Crippen LogP contribution in [0.25, 0.3) is 0 Å². The largest absolute Gasteiger partial charge is 0.506 e. The quantitative estimate of drug-likeness (QED) is 0.591. The molecule has 1 fully saturated rings. The number of hydrogen-bond acceptors (Lipinski definition) is 6. The Kier molecular flexibility index (Phi) is 6.11. The Morgan fingerprint density at radius 2 is 1.87 bits per heavy atom. The second-order valence-corrected chi connectivity index (χ2v) is 9.26. The third-order valence-electron chi connectivity index (χ3n) is 5.06. The topological polar surface area (TPSA) is 56.1 Å². The normalized spacial score (nSPS) is 19.8. The molecular weight excluding hydrogens is 414 g/mol. The van der Waals surface area contributed by atoms with Crippen molar-refractivity contribution in [3.8, 4) is 5.75 Å². The number of para-hydroxylation sites is 1. The molecule has 1 saturated heterocycles. The van der Waals surface area contributed by atoms with Crippen molar-refractivity contribution >= 4 is 46.0 Å². The molecule has 0 aliphatic carbocycles. The van der Waals surface area contributed by atoms with Gasteiger partial charge in [0.25, 0.3) is 5.91 Å². The van der Waals surface area contributed by atoms with Gasteiger partial charge in [-0.1, -0.05) is 43.3 Å². The van der Waals surface area contributed by atoms with E-state index in [4.69, 9.17) is 0 Å². The zero-order valence-corrected chi connectivity index (χ0v) is 19.0. The van der Waals surface area contributed by atoms with Gasteiger partial charge in [0, 0.05) is 18.0 Å². The van der Waals surface area contributed by atoms with Crippen molar-refractivity contribution in [1.82, 2.24) is 4.90 Å². The van der Waals surface area contributed by atoms with E-state index >= 15 is 0 Å². The lowest BCUT2D eigenvalue weighted by molar-refractivity contribution is -0.122. The maximum atomic E-state index is 13.4. The van der Waals surface area contributed by atoms with E-state index in [0.717, 1.165) is 40.6 Å². The van der Waals surface area contributed by atoms with Crippen molar-refractivity contribution in [2.45, 2.75) is 38.5 Å². The van der Waals surface area contributed by atoms with Crippen LogP contribution >= 0.6 is 23.5 Å². The fourth-order valence-corrected chi connectivity index (χ4v) is 5.89. The van der Waals surface area contributed by atoms with E-state index in [9.17, 15) is 9.90 Å². The summed E-state index contributed by atoms with van der Waals surface area (Å²) >= 11 is 3.05.